The van der Waals surface area contributed by atoms with Crippen LogP contribution in [0.4, 0.5) is 5.82 Å². The van der Waals surface area contributed by atoms with E-state index in [4.69, 9.17) is 9.97 Å². The summed E-state index contributed by atoms with van der Waals surface area (Å²) in [5, 5.41) is 6.75. The number of H-pyrrole nitrogens is 2. The average molecular weight is 539 g/mol. The number of piperidine rings is 1. The van der Waals surface area contributed by atoms with Gasteiger partial charge in [0.15, 0.2) is 5.82 Å². The van der Waals surface area contributed by atoms with E-state index in [0.29, 0.717) is 67.4 Å². The summed E-state index contributed by atoms with van der Waals surface area (Å²) in [5.41, 5.74) is 3.43. The minimum Gasteiger partial charge on any atom is -0.368 e. The lowest BCUT2D eigenvalue weighted by atomic mass is 10.0. The number of likely N-dealkylation sites (tertiary alicyclic amines) is 1. The molecule has 0 bridgehead atoms. The van der Waals surface area contributed by atoms with Crippen LogP contribution < -0.4 is 16.3 Å². The lowest BCUT2D eigenvalue weighted by Crippen LogP contribution is -2.40. The minimum atomic E-state index is -0.118. The monoisotopic (exact) mass is 538 g/mol. The first-order valence-electron chi connectivity index (χ1n) is 13.4. The first kappa shape index (κ1) is 25.4. The van der Waals surface area contributed by atoms with Gasteiger partial charge in [0.1, 0.15) is 17.2 Å². The zero-order chi connectivity index (χ0) is 27.6. The fourth-order valence-electron chi connectivity index (χ4n) is 5.33. The Morgan fingerprint density at radius 3 is 2.50 bits per heavy atom. The van der Waals surface area contributed by atoms with E-state index in [9.17, 15) is 14.4 Å². The summed E-state index contributed by atoms with van der Waals surface area (Å²) in [4.78, 5) is 54.9. The molecule has 40 heavy (non-hydrogen) atoms. The molecule has 1 aliphatic heterocycles. The summed E-state index contributed by atoms with van der Waals surface area (Å²) < 4.78 is 1.82. The van der Waals surface area contributed by atoms with Gasteiger partial charge in [-0.25, -0.2) is 14.8 Å². The summed E-state index contributed by atoms with van der Waals surface area (Å²) in [6, 6.07) is 19.1. The van der Waals surface area contributed by atoms with Gasteiger partial charge in [-0.2, -0.15) is 0 Å². The van der Waals surface area contributed by atoms with E-state index in [-0.39, 0.29) is 23.5 Å². The molecule has 0 radical (unpaired) electrons. The second kappa shape index (κ2) is 10.7. The normalized spacial score (nSPS) is 14.1. The highest BCUT2D eigenvalue weighted by molar-refractivity contribution is 6.00. The Bertz CT molecular complexity index is 1750. The zero-order valence-corrected chi connectivity index (χ0v) is 22.1. The third-order valence-electron chi connectivity index (χ3n) is 7.28. The van der Waals surface area contributed by atoms with Crippen molar-refractivity contribution in [2.45, 2.75) is 25.8 Å². The number of benzene rings is 2. The first-order valence-corrected chi connectivity index (χ1v) is 13.4. The predicted molar refractivity (Wildman–Crippen MR) is 153 cm³/mol. The fraction of sp³-hybridized carbons (Fsp3) is 0.276. The lowest BCUT2D eigenvalue weighted by molar-refractivity contribution is -0.118. The Balaban J connectivity index is 1.23. The number of anilines is 1. The Morgan fingerprint density at radius 2 is 1.73 bits per heavy atom. The zero-order valence-electron chi connectivity index (χ0n) is 22.1. The molecule has 1 fully saturated rings. The molecule has 0 saturated carbocycles. The molecule has 1 aliphatic rings. The second-order valence-electron chi connectivity index (χ2n) is 9.96. The van der Waals surface area contributed by atoms with E-state index in [1.807, 2.05) is 64.1 Å². The van der Waals surface area contributed by atoms with Crippen molar-refractivity contribution >= 4 is 39.7 Å². The Kier molecular flexibility index (Phi) is 6.77. The highest BCUT2D eigenvalue weighted by Crippen LogP contribution is 2.28. The molecule has 2 aromatic carbocycles. The van der Waals surface area contributed by atoms with E-state index in [1.54, 1.807) is 6.07 Å². The molecule has 2 amide bonds. The number of carbonyl (C=O) groups excluding carboxylic acids is 2. The molecule has 1 saturated heterocycles. The number of carbonyl (C=O) groups is 2. The second-order valence-corrected chi connectivity index (χ2v) is 9.96. The van der Waals surface area contributed by atoms with Crippen LogP contribution in [0.3, 0.4) is 0 Å². The smallest absolute Gasteiger partial charge is 0.326 e. The average Bonchev–Trinajstić information content (AvgIpc) is 3.56. The number of amides is 2. The van der Waals surface area contributed by atoms with Crippen molar-refractivity contribution in [3.8, 4) is 11.4 Å². The van der Waals surface area contributed by atoms with Gasteiger partial charge in [-0.3, -0.25) is 14.2 Å². The summed E-state index contributed by atoms with van der Waals surface area (Å²) in [6.45, 7) is 3.45. The van der Waals surface area contributed by atoms with Gasteiger partial charge in [0, 0.05) is 44.7 Å². The molecule has 6 rings (SSSR count). The Labute approximate surface area is 229 Å². The minimum absolute atomic E-state index is 0.0223. The number of hydrogen-bond acceptors (Lipinski definition) is 6. The summed E-state index contributed by atoms with van der Waals surface area (Å²) in [5.74, 6) is 0.892. The van der Waals surface area contributed by atoms with Crippen LogP contribution in [-0.2, 0) is 4.79 Å². The molecule has 5 aromatic rings. The van der Waals surface area contributed by atoms with E-state index in [2.05, 4.69) is 20.6 Å². The third kappa shape index (κ3) is 4.93. The maximum absolute atomic E-state index is 13.5. The van der Waals surface area contributed by atoms with Crippen molar-refractivity contribution in [2.24, 2.45) is 0 Å². The van der Waals surface area contributed by atoms with E-state index in [1.165, 1.54) is 6.92 Å². The largest absolute Gasteiger partial charge is 0.368 e. The van der Waals surface area contributed by atoms with Crippen LogP contribution in [-0.4, -0.2) is 67.4 Å². The number of imidazole rings is 1. The molecule has 3 aromatic heterocycles. The van der Waals surface area contributed by atoms with E-state index < -0.39 is 0 Å². The number of aromatic nitrogens is 5. The fourth-order valence-corrected chi connectivity index (χ4v) is 5.33. The van der Waals surface area contributed by atoms with Gasteiger partial charge in [-0.1, -0.05) is 42.5 Å². The number of rotatable bonds is 7. The number of hydrogen-bond donors (Lipinski definition) is 4. The van der Waals surface area contributed by atoms with Gasteiger partial charge in [0.25, 0.3) is 5.91 Å². The summed E-state index contributed by atoms with van der Waals surface area (Å²) in [7, 11) is 0. The van der Waals surface area contributed by atoms with Crippen LogP contribution in [0.5, 0.6) is 0 Å². The van der Waals surface area contributed by atoms with Crippen LogP contribution in [0, 0.1) is 0 Å². The molecule has 204 valence electrons. The molecule has 11 nitrogen and oxygen atoms in total. The SMILES string of the molecule is CC(=O)NCCNc1nc(-c2ccccc2)nc2[nH]c(C(=O)N3CCC(n4c(=O)[nH]c5ccccc54)CC3)cc12. The number of aromatic amines is 2. The number of nitrogens with one attached hydrogen (secondary N) is 4. The van der Waals surface area contributed by atoms with Crippen LogP contribution >= 0.6 is 0 Å². The summed E-state index contributed by atoms with van der Waals surface area (Å²) >= 11 is 0. The number of fused-ring (bicyclic) bond motifs is 2. The molecule has 4 heterocycles. The van der Waals surface area contributed by atoms with Crippen molar-refractivity contribution in [1.29, 1.82) is 0 Å². The highest BCUT2D eigenvalue weighted by atomic mass is 16.2. The van der Waals surface area contributed by atoms with Crippen molar-refractivity contribution in [3.05, 3.63) is 76.8 Å². The molecule has 0 atom stereocenters. The van der Waals surface area contributed by atoms with Crippen molar-refractivity contribution in [3.63, 3.8) is 0 Å². The Hall–Kier alpha value is -4.93. The van der Waals surface area contributed by atoms with Gasteiger partial charge < -0.3 is 25.5 Å². The topological polar surface area (TPSA) is 141 Å². The van der Waals surface area contributed by atoms with Gasteiger partial charge in [-0.05, 0) is 31.0 Å². The van der Waals surface area contributed by atoms with Crippen molar-refractivity contribution in [1.82, 2.24) is 34.7 Å². The van der Waals surface area contributed by atoms with Gasteiger partial charge in [0.05, 0.1) is 16.4 Å². The maximum Gasteiger partial charge on any atom is 0.326 e. The first-order chi connectivity index (χ1) is 19.5. The number of para-hydroxylation sites is 2. The molecule has 0 aliphatic carbocycles. The van der Waals surface area contributed by atoms with Crippen molar-refractivity contribution in [2.75, 3.05) is 31.5 Å². The maximum atomic E-state index is 13.5. The molecular weight excluding hydrogens is 508 g/mol. The third-order valence-corrected chi connectivity index (χ3v) is 7.28. The highest BCUT2D eigenvalue weighted by Gasteiger charge is 2.28. The Morgan fingerprint density at radius 1 is 0.975 bits per heavy atom. The van der Waals surface area contributed by atoms with Crippen LogP contribution in [0.1, 0.15) is 36.3 Å². The standard InChI is InChI=1S/C29H30N8O3/c1-18(38)30-13-14-31-26-21-17-23(32-27(21)35-25(34-26)19-7-3-2-4-8-19)28(39)36-15-11-20(12-16-36)37-24-10-6-5-9-22(24)33-29(37)40/h2-10,17,20H,11-16H2,1H3,(H,30,38)(H,33,40)(H2,31,32,34,35). The van der Waals surface area contributed by atoms with Gasteiger partial charge in [0.2, 0.25) is 5.91 Å². The molecule has 4 N–H and O–H groups in total. The molecular formula is C29H30N8O3. The summed E-state index contributed by atoms with van der Waals surface area (Å²) in [6.07, 6.45) is 1.36. The van der Waals surface area contributed by atoms with Crippen LogP contribution in [0.2, 0.25) is 0 Å². The van der Waals surface area contributed by atoms with E-state index >= 15 is 0 Å². The van der Waals surface area contributed by atoms with Crippen molar-refractivity contribution < 1.29 is 9.59 Å². The van der Waals surface area contributed by atoms with Crippen LogP contribution in [0.25, 0.3) is 33.5 Å². The van der Waals surface area contributed by atoms with Gasteiger partial charge in [-0.15, -0.1) is 0 Å². The quantitative estimate of drug-likeness (QED) is 0.234. The van der Waals surface area contributed by atoms with Gasteiger partial charge >= 0.3 is 5.69 Å². The van der Waals surface area contributed by atoms with Crippen LogP contribution in [0.15, 0.2) is 65.5 Å². The van der Waals surface area contributed by atoms with E-state index in [0.717, 1.165) is 16.6 Å². The predicted octanol–water partition coefficient (Wildman–Crippen LogP) is 3.29. The molecule has 0 unspecified atom stereocenters. The lowest BCUT2D eigenvalue weighted by Gasteiger charge is -2.32. The molecule has 0 spiro atoms. The number of nitrogens with zero attached hydrogens (tertiary/aromatic N) is 4. The molecule has 11 heteroatoms.